The maximum atomic E-state index is 11.1. The lowest BCUT2D eigenvalue weighted by Crippen LogP contribution is -2.39. The number of hydrogen-bond donors (Lipinski definition) is 3. The van der Waals surface area contributed by atoms with Crippen molar-refractivity contribution in [1.29, 1.82) is 0 Å². The summed E-state index contributed by atoms with van der Waals surface area (Å²) in [7, 11) is 0. The van der Waals surface area contributed by atoms with Gasteiger partial charge in [0.05, 0.1) is 0 Å². The van der Waals surface area contributed by atoms with Crippen LogP contribution in [0.1, 0.15) is 11.1 Å². The molecule has 0 aliphatic carbocycles. The van der Waals surface area contributed by atoms with Crippen molar-refractivity contribution < 1.29 is 14.7 Å². The zero-order valence-corrected chi connectivity index (χ0v) is 9.69. The summed E-state index contributed by atoms with van der Waals surface area (Å²) in [6.45, 7) is 2.13. The van der Waals surface area contributed by atoms with Crippen LogP contribution in [0.25, 0.3) is 0 Å². The monoisotopic (exact) mass is 236 g/mol. The highest BCUT2D eigenvalue weighted by atomic mass is 16.4. The van der Waals surface area contributed by atoms with Gasteiger partial charge in [-0.1, -0.05) is 29.8 Å². The van der Waals surface area contributed by atoms with E-state index in [0.717, 1.165) is 12.0 Å². The number of hydrogen-bond acceptors (Lipinski definition) is 2. The van der Waals surface area contributed by atoms with Gasteiger partial charge in [0.15, 0.2) is 0 Å². The summed E-state index contributed by atoms with van der Waals surface area (Å²) in [5.74, 6) is -1.06. The fourth-order valence-corrected chi connectivity index (χ4v) is 1.29. The van der Waals surface area contributed by atoms with Crippen LogP contribution in [0.5, 0.6) is 0 Å². The van der Waals surface area contributed by atoms with E-state index >= 15 is 0 Å². The molecule has 0 unspecified atom stereocenters. The number of aryl methyl sites for hydroxylation is 1. The first-order valence-electron chi connectivity index (χ1n) is 5.37. The molecule has 5 heteroatoms. The molecule has 0 saturated carbocycles. The number of rotatable bonds is 5. The Morgan fingerprint density at radius 3 is 2.41 bits per heavy atom. The third-order valence-corrected chi connectivity index (χ3v) is 2.22. The van der Waals surface area contributed by atoms with Gasteiger partial charge in [-0.3, -0.25) is 4.79 Å². The molecule has 0 spiro atoms. The Morgan fingerprint density at radius 2 is 1.82 bits per heavy atom. The van der Waals surface area contributed by atoms with Gasteiger partial charge in [-0.25, -0.2) is 4.79 Å². The average molecular weight is 236 g/mol. The number of amides is 2. The quantitative estimate of drug-likeness (QED) is 0.711. The van der Waals surface area contributed by atoms with Gasteiger partial charge in [-0.05, 0) is 18.9 Å². The zero-order valence-electron chi connectivity index (χ0n) is 9.69. The summed E-state index contributed by atoms with van der Waals surface area (Å²) in [5.41, 5.74) is 2.33. The van der Waals surface area contributed by atoms with Gasteiger partial charge in [-0.15, -0.1) is 0 Å². The van der Waals surface area contributed by atoms with Crippen LogP contribution in [-0.2, 0) is 11.2 Å². The van der Waals surface area contributed by atoms with Gasteiger partial charge in [0, 0.05) is 6.54 Å². The molecular weight excluding hydrogens is 220 g/mol. The largest absolute Gasteiger partial charge is 0.480 e. The van der Waals surface area contributed by atoms with Gasteiger partial charge in [-0.2, -0.15) is 0 Å². The predicted molar refractivity (Wildman–Crippen MR) is 63.9 cm³/mol. The number of carboxylic acids is 1. The van der Waals surface area contributed by atoms with Gasteiger partial charge in [0.25, 0.3) is 0 Å². The van der Waals surface area contributed by atoms with Crippen molar-refractivity contribution in [3.8, 4) is 0 Å². The van der Waals surface area contributed by atoms with E-state index in [1.807, 2.05) is 31.2 Å². The molecule has 0 aliphatic heterocycles. The second kappa shape index (κ2) is 6.52. The maximum Gasteiger partial charge on any atom is 0.323 e. The van der Waals surface area contributed by atoms with E-state index in [9.17, 15) is 9.59 Å². The van der Waals surface area contributed by atoms with E-state index in [4.69, 9.17) is 5.11 Å². The first-order chi connectivity index (χ1) is 8.08. The van der Waals surface area contributed by atoms with Crippen molar-refractivity contribution in [2.75, 3.05) is 13.1 Å². The van der Waals surface area contributed by atoms with Gasteiger partial charge < -0.3 is 15.7 Å². The fraction of sp³-hybridized carbons (Fsp3) is 0.333. The number of urea groups is 1. The summed E-state index contributed by atoms with van der Waals surface area (Å²) >= 11 is 0. The number of carbonyl (C=O) groups is 2. The Bertz CT molecular complexity index is 387. The lowest BCUT2D eigenvalue weighted by Gasteiger charge is -2.06. The molecule has 5 nitrogen and oxygen atoms in total. The molecule has 0 radical (unpaired) electrons. The highest BCUT2D eigenvalue weighted by Gasteiger charge is 2.02. The second-order valence-corrected chi connectivity index (χ2v) is 3.74. The van der Waals surface area contributed by atoms with Crippen LogP contribution < -0.4 is 10.6 Å². The number of benzene rings is 1. The van der Waals surface area contributed by atoms with E-state index in [2.05, 4.69) is 10.6 Å². The van der Waals surface area contributed by atoms with Crippen LogP contribution >= 0.6 is 0 Å². The molecule has 1 rings (SSSR count). The van der Waals surface area contributed by atoms with Crippen molar-refractivity contribution >= 4 is 12.0 Å². The molecule has 0 heterocycles. The van der Waals surface area contributed by atoms with E-state index in [0.29, 0.717) is 6.54 Å². The van der Waals surface area contributed by atoms with Crippen LogP contribution in [0.3, 0.4) is 0 Å². The molecule has 2 amide bonds. The Hall–Kier alpha value is -2.04. The van der Waals surface area contributed by atoms with Crippen LogP contribution in [0.15, 0.2) is 24.3 Å². The Kier molecular flexibility index (Phi) is 5.00. The number of nitrogens with one attached hydrogen (secondary N) is 2. The predicted octanol–water partition coefficient (Wildman–Crippen LogP) is 0.921. The first kappa shape index (κ1) is 13.0. The standard InChI is InChI=1S/C12H16N2O3/c1-9-2-4-10(5-3-9)6-7-13-12(17)14-8-11(15)16/h2-5H,6-8H2,1H3,(H,15,16)(H2,13,14,17). The summed E-state index contributed by atoms with van der Waals surface area (Å²) < 4.78 is 0. The third kappa shape index (κ3) is 5.55. The minimum atomic E-state index is -1.06. The highest BCUT2D eigenvalue weighted by Crippen LogP contribution is 2.02. The van der Waals surface area contributed by atoms with E-state index in [-0.39, 0.29) is 6.54 Å². The molecule has 3 N–H and O–H groups in total. The lowest BCUT2D eigenvalue weighted by atomic mass is 10.1. The zero-order chi connectivity index (χ0) is 12.7. The Morgan fingerprint density at radius 1 is 1.18 bits per heavy atom. The highest BCUT2D eigenvalue weighted by molar-refractivity contribution is 5.79. The van der Waals surface area contributed by atoms with Gasteiger partial charge in [0.2, 0.25) is 0 Å². The van der Waals surface area contributed by atoms with Gasteiger partial charge in [0.1, 0.15) is 6.54 Å². The molecule has 1 aromatic rings. The normalized spacial score (nSPS) is 9.71. The van der Waals surface area contributed by atoms with E-state index < -0.39 is 12.0 Å². The molecule has 0 aromatic heterocycles. The smallest absolute Gasteiger partial charge is 0.323 e. The fourth-order valence-electron chi connectivity index (χ4n) is 1.29. The number of aliphatic carboxylic acids is 1. The number of carbonyl (C=O) groups excluding carboxylic acids is 1. The van der Waals surface area contributed by atoms with E-state index in [1.54, 1.807) is 0 Å². The van der Waals surface area contributed by atoms with Crippen LogP contribution in [0.4, 0.5) is 4.79 Å². The molecule has 17 heavy (non-hydrogen) atoms. The van der Waals surface area contributed by atoms with Crippen molar-refractivity contribution in [2.45, 2.75) is 13.3 Å². The average Bonchev–Trinajstić information content (AvgIpc) is 2.29. The van der Waals surface area contributed by atoms with Crippen molar-refractivity contribution in [3.63, 3.8) is 0 Å². The van der Waals surface area contributed by atoms with Crippen molar-refractivity contribution in [2.24, 2.45) is 0 Å². The van der Waals surface area contributed by atoms with Crippen molar-refractivity contribution in [1.82, 2.24) is 10.6 Å². The first-order valence-corrected chi connectivity index (χ1v) is 5.37. The van der Waals surface area contributed by atoms with Gasteiger partial charge >= 0.3 is 12.0 Å². The van der Waals surface area contributed by atoms with E-state index in [1.165, 1.54) is 5.56 Å². The molecule has 0 bridgehead atoms. The molecule has 1 aromatic carbocycles. The molecule has 0 aliphatic rings. The molecule has 92 valence electrons. The minimum absolute atomic E-state index is 0.365. The van der Waals surface area contributed by atoms with Crippen LogP contribution in [-0.4, -0.2) is 30.2 Å². The summed E-state index contributed by atoms with van der Waals surface area (Å²) in [6, 6.07) is 7.58. The summed E-state index contributed by atoms with van der Waals surface area (Å²) in [5, 5.41) is 13.2. The SMILES string of the molecule is Cc1ccc(CCNC(=O)NCC(=O)O)cc1. The Balaban J connectivity index is 2.21. The topological polar surface area (TPSA) is 78.4 Å². The third-order valence-electron chi connectivity index (χ3n) is 2.22. The summed E-state index contributed by atoms with van der Waals surface area (Å²) in [4.78, 5) is 21.3. The van der Waals surface area contributed by atoms with Crippen LogP contribution in [0, 0.1) is 6.92 Å². The molecule has 0 atom stereocenters. The molecule has 0 fully saturated rings. The summed E-state index contributed by atoms with van der Waals surface area (Å²) in [6.07, 6.45) is 0.723. The molecular formula is C12H16N2O3. The molecule has 0 saturated heterocycles. The maximum absolute atomic E-state index is 11.1. The minimum Gasteiger partial charge on any atom is -0.480 e. The number of carboxylic acid groups (broad SMARTS) is 1. The Labute approximate surface area is 99.8 Å². The van der Waals surface area contributed by atoms with Crippen molar-refractivity contribution in [3.05, 3.63) is 35.4 Å². The lowest BCUT2D eigenvalue weighted by molar-refractivity contribution is -0.135. The van der Waals surface area contributed by atoms with Crippen LogP contribution in [0.2, 0.25) is 0 Å². The second-order valence-electron chi connectivity index (χ2n) is 3.74.